The number of amidine groups is 1. The molecule has 0 radical (unpaired) electrons. The average Bonchev–Trinajstić information content (AvgIpc) is 3.45. The van der Waals surface area contributed by atoms with Crippen LogP contribution in [0.2, 0.25) is 0 Å². The molecular weight excluding hydrogens is 581 g/mol. The lowest BCUT2D eigenvalue weighted by atomic mass is 9.93. The predicted molar refractivity (Wildman–Crippen MR) is 172 cm³/mol. The lowest BCUT2D eigenvalue weighted by Gasteiger charge is -2.40. The number of thiophene rings is 1. The number of nitrogens with zero attached hydrogens (tertiary/aromatic N) is 5. The van der Waals surface area contributed by atoms with Crippen molar-refractivity contribution >= 4 is 50.4 Å². The van der Waals surface area contributed by atoms with E-state index in [0.717, 1.165) is 21.3 Å². The number of aliphatic imine (C=N–C) groups is 1. The van der Waals surface area contributed by atoms with Crippen molar-refractivity contribution in [1.29, 1.82) is 0 Å². The molecule has 4 heterocycles. The van der Waals surface area contributed by atoms with Crippen molar-refractivity contribution in [1.82, 2.24) is 19.6 Å². The van der Waals surface area contributed by atoms with Gasteiger partial charge in [0.15, 0.2) is 5.82 Å². The van der Waals surface area contributed by atoms with Crippen molar-refractivity contribution in [3.63, 3.8) is 0 Å². The second kappa shape index (κ2) is 11.8. The van der Waals surface area contributed by atoms with Gasteiger partial charge in [0, 0.05) is 49.9 Å². The molecule has 2 atom stereocenters. The number of nitrogens with one attached hydrogen (secondary N) is 2. The molecule has 44 heavy (non-hydrogen) atoms. The summed E-state index contributed by atoms with van der Waals surface area (Å²) in [7, 11) is 5.23. The molecule has 2 aliphatic rings. The van der Waals surface area contributed by atoms with E-state index in [1.54, 1.807) is 43.1 Å². The normalized spacial score (nSPS) is 18.9. The first-order valence-corrected chi connectivity index (χ1v) is 15.0. The van der Waals surface area contributed by atoms with Gasteiger partial charge >= 0.3 is 0 Å². The molecule has 1 fully saturated rings. The third-order valence-corrected chi connectivity index (χ3v) is 9.23. The Morgan fingerprint density at radius 1 is 1.07 bits per heavy atom. The van der Waals surface area contributed by atoms with Crippen molar-refractivity contribution < 1.29 is 14.0 Å². The van der Waals surface area contributed by atoms with E-state index in [4.69, 9.17) is 0 Å². The highest BCUT2D eigenvalue weighted by molar-refractivity contribution is 7.20. The molecule has 2 aromatic heterocycles. The van der Waals surface area contributed by atoms with Crippen LogP contribution in [0.3, 0.4) is 0 Å². The number of fused-ring (bicyclic) bond motifs is 1. The van der Waals surface area contributed by atoms with Gasteiger partial charge < -0.3 is 15.5 Å². The number of anilines is 2. The lowest BCUT2D eigenvalue weighted by Crippen LogP contribution is -2.57. The van der Waals surface area contributed by atoms with E-state index in [1.807, 2.05) is 42.3 Å². The standard InChI is InChI=1S/C32H32FN7O3S/c1-18-9-11-21(27(33)28(18)36-30(41)25-15-19-7-5-6-8-24(19)44-25)22-16-23(31(42)40(4)37-22)35-26-12-10-20(17-34-26)29-32(43)39(3)14-13-38(29)2/h5-12,15-16,20,29H,13-14,17H2,1-4H3,(H,34,35)(H,36,41). The molecule has 6 rings (SSSR count). The summed E-state index contributed by atoms with van der Waals surface area (Å²) in [6.45, 7) is 3.56. The minimum absolute atomic E-state index is 0.0496. The monoisotopic (exact) mass is 613 g/mol. The number of amides is 2. The van der Waals surface area contributed by atoms with E-state index in [9.17, 15) is 14.4 Å². The zero-order chi connectivity index (χ0) is 31.1. The molecule has 2 amide bonds. The molecule has 0 bridgehead atoms. The summed E-state index contributed by atoms with van der Waals surface area (Å²) in [6.07, 6.45) is 3.70. The number of benzene rings is 2. The van der Waals surface area contributed by atoms with Gasteiger partial charge in [-0.15, -0.1) is 11.3 Å². The third-order valence-electron chi connectivity index (χ3n) is 8.11. The summed E-state index contributed by atoms with van der Waals surface area (Å²) in [5, 5.41) is 11.0. The van der Waals surface area contributed by atoms with Crippen molar-refractivity contribution in [2.75, 3.05) is 44.4 Å². The zero-order valence-corrected chi connectivity index (χ0v) is 25.6. The Morgan fingerprint density at radius 3 is 2.61 bits per heavy atom. The molecule has 1 saturated heterocycles. The maximum Gasteiger partial charge on any atom is 0.290 e. The van der Waals surface area contributed by atoms with E-state index in [-0.39, 0.29) is 40.5 Å². The molecule has 10 nitrogen and oxygen atoms in total. The van der Waals surface area contributed by atoms with Crippen LogP contribution in [0.15, 0.2) is 70.5 Å². The maximum absolute atomic E-state index is 16.0. The number of hydrogen-bond donors (Lipinski definition) is 2. The number of carbonyl (C=O) groups excluding carboxylic acids is 2. The fourth-order valence-corrected chi connectivity index (χ4v) is 6.52. The molecule has 0 spiro atoms. The van der Waals surface area contributed by atoms with Crippen LogP contribution in [0.4, 0.5) is 15.8 Å². The van der Waals surface area contributed by atoms with Crippen LogP contribution in [0.25, 0.3) is 21.3 Å². The van der Waals surface area contributed by atoms with Crippen molar-refractivity contribution in [3.8, 4) is 11.3 Å². The first-order chi connectivity index (χ1) is 21.1. The highest BCUT2D eigenvalue weighted by atomic mass is 32.1. The smallest absolute Gasteiger partial charge is 0.290 e. The Morgan fingerprint density at radius 2 is 1.86 bits per heavy atom. The number of carbonyl (C=O) groups is 2. The van der Waals surface area contributed by atoms with Crippen molar-refractivity contribution in [3.05, 3.63) is 87.3 Å². The van der Waals surface area contributed by atoms with Crippen LogP contribution in [-0.4, -0.2) is 77.0 Å². The Kier molecular flexibility index (Phi) is 7.87. The van der Waals surface area contributed by atoms with E-state index in [2.05, 4.69) is 20.7 Å². The highest BCUT2D eigenvalue weighted by Gasteiger charge is 2.36. The summed E-state index contributed by atoms with van der Waals surface area (Å²) in [4.78, 5) is 47.7. The van der Waals surface area contributed by atoms with Crippen LogP contribution < -0.4 is 16.2 Å². The Hall–Kier alpha value is -4.68. The van der Waals surface area contributed by atoms with E-state index >= 15 is 4.39 Å². The summed E-state index contributed by atoms with van der Waals surface area (Å²) in [5.41, 5.74) is 0.689. The molecule has 4 aromatic rings. The number of dihydropyridines is 1. The molecule has 12 heteroatoms. The van der Waals surface area contributed by atoms with E-state index < -0.39 is 17.3 Å². The first kappa shape index (κ1) is 29.4. The van der Waals surface area contributed by atoms with Gasteiger partial charge in [-0.3, -0.25) is 24.3 Å². The topological polar surface area (TPSA) is 112 Å². The number of halogens is 1. The predicted octanol–water partition coefficient (Wildman–Crippen LogP) is 4.13. The molecule has 226 valence electrons. The average molecular weight is 614 g/mol. The zero-order valence-electron chi connectivity index (χ0n) is 24.8. The van der Waals surface area contributed by atoms with Gasteiger partial charge in [-0.05, 0) is 55.3 Å². The molecular formula is C32H32FN7O3S. The van der Waals surface area contributed by atoms with Gasteiger partial charge in [0.25, 0.3) is 11.5 Å². The summed E-state index contributed by atoms with van der Waals surface area (Å²) in [5.74, 6) is -0.642. The second-order valence-electron chi connectivity index (χ2n) is 11.2. The number of piperazine rings is 1. The quantitative estimate of drug-likeness (QED) is 0.350. The first-order valence-electron chi connectivity index (χ1n) is 14.2. The molecule has 2 aromatic carbocycles. The van der Waals surface area contributed by atoms with Gasteiger partial charge in [-0.25, -0.2) is 9.07 Å². The molecule has 0 saturated carbocycles. The Bertz CT molecular complexity index is 1880. The molecule has 2 N–H and O–H groups in total. The maximum atomic E-state index is 16.0. The van der Waals surface area contributed by atoms with Crippen molar-refractivity contribution in [2.24, 2.45) is 18.0 Å². The van der Waals surface area contributed by atoms with Crippen LogP contribution in [0, 0.1) is 18.7 Å². The van der Waals surface area contributed by atoms with Crippen molar-refractivity contribution in [2.45, 2.75) is 13.0 Å². The Labute approximate surface area is 257 Å². The van der Waals surface area contributed by atoms with Crippen LogP contribution in [0.5, 0.6) is 0 Å². The SMILES string of the molecule is Cc1ccc(-c2cc(NC3=NCC(C4C(=O)N(C)CCN4C)C=C3)c(=O)n(C)n2)c(F)c1NC(=O)c1cc2ccccc2s1. The molecule has 0 aliphatic carbocycles. The van der Waals surface area contributed by atoms with Crippen LogP contribution >= 0.6 is 11.3 Å². The van der Waals surface area contributed by atoms with Crippen LogP contribution in [0.1, 0.15) is 15.2 Å². The van der Waals surface area contributed by atoms with Gasteiger partial charge in [0.05, 0.1) is 22.3 Å². The van der Waals surface area contributed by atoms with Gasteiger partial charge in [0.2, 0.25) is 5.91 Å². The van der Waals surface area contributed by atoms with Gasteiger partial charge in [0.1, 0.15) is 11.5 Å². The summed E-state index contributed by atoms with van der Waals surface area (Å²) in [6, 6.07) is 13.9. The number of aryl methyl sites for hydroxylation is 2. The number of likely N-dealkylation sites (N-methyl/N-ethyl adjacent to an activating group) is 2. The summed E-state index contributed by atoms with van der Waals surface area (Å²) < 4.78 is 18.1. The van der Waals surface area contributed by atoms with E-state index in [1.165, 1.54) is 24.5 Å². The van der Waals surface area contributed by atoms with Gasteiger partial charge in [-0.2, -0.15) is 5.10 Å². The van der Waals surface area contributed by atoms with Gasteiger partial charge in [-0.1, -0.05) is 30.3 Å². The molecule has 2 unspecified atom stereocenters. The number of hydrogen-bond acceptors (Lipinski definition) is 8. The summed E-state index contributed by atoms with van der Waals surface area (Å²) >= 11 is 1.34. The van der Waals surface area contributed by atoms with E-state index in [0.29, 0.717) is 29.4 Å². The molecule has 2 aliphatic heterocycles. The second-order valence-corrected chi connectivity index (χ2v) is 12.2. The lowest BCUT2D eigenvalue weighted by molar-refractivity contribution is -0.140. The third kappa shape index (κ3) is 5.53. The number of aromatic nitrogens is 2. The van der Waals surface area contributed by atoms with Crippen LogP contribution in [-0.2, 0) is 11.8 Å². The fourth-order valence-electron chi connectivity index (χ4n) is 5.56. The number of rotatable bonds is 5. The highest BCUT2D eigenvalue weighted by Crippen LogP contribution is 2.32. The Balaban J connectivity index is 1.24. The minimum atomic E-state index is -0.652. The minimum Gasteiger partial charge on any atom is -0.343 e. The fraction of sp³-hybridized carbons (Fsp3) is 0.281. The largest absolute Gasteiger partial charge is 0.343 e.